The lowest BCUT2D eigenvalue weighted by molar-refractivity contribution is 0.112. The zero-order valence-electron chi connectivity index (χ0n) is 15.8. The van der Waals surface area contributed by atoms with Gasteiger partial charge in [0, 0.05) is 25.7 Å². The Balaban J connectivity index is 1.73. The molecule has 28 heavy (non-hydrogen) atoms. The van der Waals surface area contributed by atoms with Crippen molar-refractivity contribution < 1.29 is 9.13 Å². The zero-order chi connectivity index (χ0) is 19.5. The number of nitrogens with one attached hydrogen (secondary N) is 1. The van der Waals surface area contributed by atoms with Crippen molar-refractivity contribution in [2.45, 2.75) is 31.5 Å². The van der Waals surface area contributed by atoms with Crippen molar-refractivity contribution in [3.63, 3.8) is 0 Å². The number of ether oxygens (including phenoxy) is 1. The van der Waals surface area contributed by atoms with Crippen LogP contribution in [0.25, 0.3) is 11.1 Å². The first-order valence-corrected chi connectivity index (χ1v) is 9.78. The maximum absolute atomic E-state index is 14.3. The van der Waals surface area contributed by atoms with Gasteiger partial charge in [0.2, 0.25) is 0 Å². The Kier molecular flexibility index (Phi) is 5.69. The number of benzene rings is 2. The minimum absolute atomic E-state index is 0.0579. The van der Waals surface area contributed by atoms with Gasteiger partial charge in [0.1, 0.15) is 11.9 Å². The number of likely N-dealkylation sites (tertiary alicyclic amines) is 1. The SMILES string of the molecule is N#Cc1ccc(-c2cccc(CN3CCCC(N)C3)c2C2CNCO2)cc1F. The van der Waals surface area contributed by atoms with E-state index in [1.54, 1.807) is 6.07 Å². The van der Waals surface area contributed by atoms with Gasteiger partial charge in [-0.1, -0.05) is 24.3 Å². The summed E-state index contributed by atoms with van der Waals surface area (Å²) in [5.74, 6) is -0.496. The minimum Gasteiger partial charge on any atom is -0.357 e. The van der Waals surface area contributed by atoms with Gasteiger partial charge in [-0.3, -0.25) is 10.2 Å². The molecule has 2 atom stereocenters. The summed E-state index contributed by atoms with van der Waals surface area (Å²) >= 11 is 0. The van der Waals surface area contributed by atoms with Gasteiger partial charge in [-0.2, -0.15) is 5.26 Å². The van der Waals surface area contributed by atoms with E-state index in [1.165, 1.54) is 11.6 Å². The second-order valence-electron chi connectivity index (χ2n) is 7.58. The van der Waals surface area contributed by atoms with Crippen LogP contribution in [-0.4, -0.2) is 37.3 Å². The van der Waals surface area contributed by atoms with Crippen LogP contribution in [0.15, 0.2) is 36.4 Å². The highest BCUT2D eigenvalue weighted by Gasteiger charge is 2.26. The molecule has 2 aromatic carbocycles. The van der Waals surface area contributed by atoms with Gasteiger partial charge >= 0.3 is 0 Å². The first-order chi connectivity index (χ1) is 13.7. The molecule has 2 heterocycles. The molecular weight excluding hydrogens is 355 g/mol. The number of nitrogens with zero attached hydrogens (tertiary/aromatic N) is 2. The Morgan fingerprint density at radius 1 is 1.32 bits per heavy atom. The molecule has 3 N–H and O–H groups in total. The van der Waals surface area contributed by atoms with Crippen LogP contribution < -0.4 is 11.1 Å². The normalized spacial score (nSPS) is 22.9. The quantitative estimate of drug-likeness (QED) is 0.853. The molecule has 146 valence electrons. The molecule has 2 unspecified atom stereocenters. The van der Waals surface area contributed by atoms with Gasteiger partial charge in [-0.25, -0.2) is 4.39 Å². The standard InChI is InChI=1S/C22H25FN4O/c23-20-9-15(6-7-16(20)10-24)19-5-1-3-17(22(19)21-11-26-14-28-21)12-27-8-2-4-18(25)13-27/h1,3,5-7,9,18,21,26H,2,4,8,11-14,25H2. The lowest BCUT2D eigenvalue weighted by atomic mass is 9.90. The van der Waals surface area contributed by atoms with E-state index in [0.717, 1.165) is 55.7 Å². The van der Waals surface area contributed by atoms with Crippen molar-refractivity contribution in [1.82, 2.24) is 10.2 Å². The number of rotatable bonds is 4. The molecule has 6 heteroatoms. The van der Waals surface area contributed by atoms with E-state index in [9.17, 15) is 4.39 Å². The highest BCUT2D eigenvalue weighted by atomic mass is 19.1. The Hall–Kier alpha value is -2.30. The number of piperidine rings is 1. The van der Waals surface area contributed by atoms with E-state index in [2.05, 4.69) is 16.3 Å². The fourth-order valence-corrected chi connectivity index (χ4v) is 4.23. The molecule has 0 saturated carbocycles. The van der Waals surface area contributed by atoms with Crippen LogP contribution in [-0.2, 0) is 11.3 Å². The zero-order valence-corrected chi connectivity index (χ0v) is 15.8. The van der Waals surface area contributed by atoms with Crippen molar-refractivity contribution in [3.05, 3.63) is 58.9 Å². The minimum atomic E-state index is -0.496. The summed E-state index contributed by atoms with van der Waals surface area (Å²) in [5.41, 5.74) is 10.2. The highest BCUT2D eigenvalue weighted by Crippen LogP contribution is 2.35. The van der Waals surface area contributed by atoms with Crippen LogP contribution in [0.5, 0.6) is 0 Å². The lowest BCUT2D eigenvalue weighted by Crippen LogP contribution is -2.42. The number of hydrogen-bond donors (Lipinski definition) is 2. The molecule has 0 amide bonds. The summed E-state index contributed by atoms with van der Waals surface area (Å²) in [6, 6.07) is 13.0. The third-order valence-electron chi connectivity index (χ3n) is 5.57. The predicted octanol–water partition coefficient (Wildman–Crippen LogP) is 2.91. The molecule has 0 spiro atoms. The van der Waals surface area contributed by atoms with Gasteiger partial charge in [0.05, 0.1) is 18.4 Å². The van der Waals surface area contributed by atoms with Crippen LogP contribution in [0.3, 0.4) is 0 Å². The van der Waals surface area contributed by atoms with Crippen LogP contribution in [0.1, 0.15) is 35.6 Å². The number of nitriles is 1. The molecule has 0 bridgehead atoms. The summed E-state index contributed by atoms with van der Waals surface area (Å²) in [6.45, 7) is 3.96. The summed E-state index contributed by atoms with van der Waals surface area (Å²) in [4.78, 5) is 2.39. The lowest BCUT2D eigenvalue weighted by Gasteiger charge is -2.32. The summed E-state index contributed by atoms with van der Waals surface area (Å²) in [5, 5.41) is 12.3. The maximum atomic E-state index is 14.3. The number of nitrogens with two attached hydrogens (primary N) is 1. The van der Waals surface area contributed by atoms with E-state index in [4.69, 9.17) is 15.7 Å². The number of hydrogen-bond acceptors (Lipinski definition) is 5. The molecular formula is C22H25FN4O. The average molecular weight is 380 g/mol. The first-order valence-electron chi connectivity index (χ1n) is 9.78. The molecule has 2 saturated heterocycles. The van der Waals surface area contributed by atoms with Crippen molar-refractivity contribution in [2.24, 2.45) is 5.73 Å². The van der Waals surface area contributed by atoms with Crippen LogP contribution in [0.2, 0.25) is 0 Å². The Bertz CT molecular complexity index is 889. The predicted molar refractivity (Wildman–Crippen MR) is 106 cm³/mol. The second kappa shape index (κ2) is 8.38. The van der Waals surface area contributed by atoms with Gasteiger partial charge < -0.3 is 10.5 Å². The topological polar surface area (TPSA) is 74.3 Å². The molecule has 5 nitrogen and oxygen atoms in total. The fourth-order valence-electron chi connectivity index (χ4n) is 4.23. The van der Waals surface area contributed by atoms with E-state index in [0.29, 0.717) is 6.73 Å². The van der Waals surface area contributed by atoms with Crippen molar-refractivity contribution in [2.75, 3.05) is 26.4 Å². The molecule has 0 aromatic heterocycles. The second-order valence-corrected chi connectivity index (χ2v) is 7.58. The average Bonchev–Trinajstić information content (AvgIpc) is 3.22. The molecule has 0 radical (unpaired) electrons. The van der Waals surface area contributed by atoms with E-state index >= 15 is 0 Å². The summed E-state index contributed by atoms with van der Waals surface area (Å²) in [6.07, 6.45) is 2.10. The fraction of sp³-hybridized carbons (Fsp3) is 0.409. The molecule has 0 aliphatic carbocycles. The molecule has 2 fully saturated rings. The van der Waals surface area contributed by atoms with Crippen molar-refractivity contribution >= 4 is 0 Å². The molecule has 4 rings (SSSR count). The van der Waals surface area contributed by atoms with Crippen molar-refractivity contribution in [1.29, 1.82) is 5.26 Å². The Morgan fingerprint density at radius 2 is 2.21 bits per heavy atom. The van der Waals surface area contributed by atoms with E-state index in [-0.39, 0.29) is 17.7 Å². The molecule has 2 aliphatic rings. The third kappa shape index (κ3) is 3.94. The first kappa shape index (κ1) is 19.0. The van der Waals surface area contributed by atoms with Gasteiger partial charge in [-0.15, -0.1) is 0 Å². The smallest absolute Gasteiger partial charge is 0.141 e. The monoisotopic (exact) mass is 380 g/mol. The Labute approximate surface area is 164 Å². The number of halogens is 1. The van der Waals surface area contributed by atoms with Crippen molar-refractivity contribution in [3.8, 4) is 17.2 Å². The van der Waals surface area contributed by atoms with E-state index in [1.807, 2.05) is 24.3 Å². The maximum Gasteiger partial charge on any atom is 0.141 e. The summed E-state index contributed by atoms with van der Waals surface area (Å²) in [7, 11) is 0. The van der Waals surface area contributed by atoms with Gasteiger partial charge in [0.15, 0.2) is 0 Å². The third-order valence-corrected chi connectivity index (χ3v) is 5.57. The molecule has 2 aromatic rings. The van der Waals surface area contributed by atoms with Crippen LogP contribution >= 0.6 is 0 Å². The van der Waals surface area contributed by atoms with Gasteiger partial charge in [-0.05, 0) is 53.8 Å². The van der Waals surface area contributed by atoms with E-state index < -0.39 is 5.82 Å². The summed E-state index contributed by atoms with van der Waals surface area (Å²) < 4.78 is 20.2. The molecule has 2 aliphatic heterocycles. The highest BCUT2D eigenvalue weighted by molar-refractivity contribution is 5.70. The van der Waals surface area contributed by atoms with Crippen LogP contribution in [0.4, 0.5) is 4.39 Å². The van der Waals surface area contributed by atoms with Crippen LogP contribution in [0, 0.1) is 17.1 Å². The Morgan fingerprint density at radius 3 is 2.93 bits per heavy atom. The largest absolute Gasteiger partial charge is 0.357 e. The van der Waals surface area contributed by atoms with Gasteiger partial charge in [0.25, 0.3) is 0 Å².